The van der Waals surface area contributed by atoms with E-state index in [-0.39, 0.29) is 22.8 Å². The lowest BCUT2D eigenvalue weighted by Crippen LogP contribution is -2.29. The highest BCUT2D eigenvalue weighted by Crippen LogP contribution is 2.51. The number of para-hydroxylation sites is 2. The molecule has 0 aromatic heterocycles. The Balaban J connectivity index is 1.47. The quantitative estimate of drug-likeness (QED) is 0.331. The van der Waals surface area contributed by atoms with Crippen LogP contribution in [0.2, 0.25) is 0 Å². The van der Waals surface area contributed by atoms with E-state index in [0.29, 0.717) is 24.7 Å². The van der Waals surface area contributed by atoms with Crippen LogP contribution in [-0.4, -0.2) is 28.7 Å². The lowest BCUT2D eigenvalue weighted by Gasteiger charge is -2.38. The SMILES string of the molecule is CCOc1ccc([C@H]2Nc3ccc(S(=O)(=O)Nc4ccccc4OC)cc3[C@H]3C=CC[C@H]32)cc1OCC. The zero-order valence-electron chi connectivity index (χ0n) is 21.2. The van der Waals surface area contributed by atoms with Crippen LogP contribution in [0.4, 0.5) is 11.4 Å². The van der Waals surface area contributed by atoms with Crippen molar-refractivity contribution in [1.82, 2.24) is 0 Å². The van der Waals surface area contributed by atoms with Crippen LogP contribution in [0.3, 0.4) is 0 Å². The Morgan fingerprint density at radius 1 is 0.946 bits per heavy atom. The van der Waals surface area contributed by atoms with Gasteiger partial charge in [-0.3, -0.25) is 4.72 Å². The van der Waals surface area contributed by atoms with E-state index < -0.39 is 10.0 Å². The van der Waals surface area contributed by atoms with E-state index in [9.17, 15) is 8.42 Å². The standard InChI is InChI=1S/C29H32N2O5S/c1-4-35-27-16-13-19(17-28(27)36-5-2)29-22-10-8-9-21(22)23-18-20(14-15-24(23)30-29)37(32,33)31-25-11-6-7-12-26(25)34-3/h6-9,11-18,21-22,29-31H,4-5,10H2,1-3H3/t21-,22+,29+/m0/s1. The van der Waals surface area contributed by atoms with Gasteiger partial charge >= 0.3 is 0 Å². The average Bonchev–Trinajstić information content (AvgIpc) is 3.40. The molecule has 1 aliphatic carbocycles. The van der Waals surface area contributed by atoms with E-state index in [0.717, 1.165) is 34.7 Å². The van der Waals surface area contributed by atoms with Crippen LogP contribution in [0.1, 0.15) is 43.4 Å². The average molecular weight is 521 g/mol. The molecule has 8 heteroatoms. The second-order valence-corrected chi connectivity index (χ2v) is 10.8. The van der Waals surface area contributed by atoms with Crippen LogP contribution in [0.5, 0.6) is 17.2 Å². The molecule has 7 nitrogen and oxygen atoms in total. The molecule has 0 saturated heterocycles. The van der Waals surface area contributed by atoms with Crippen LogP contribution in [-0.2, 0) is 10.0 Å². The molecule has 5 rings (SSSR count). The molecule has 0 fully saturated rings. The van der Waals surface area contributed by atoms with Crippen LogP contribution >= 0.6 is 0 Å². The number of anilines is 2. The zero-order valence-corrected chi connectivity index (χ0v) is 22.0. The van der Waals surface area contributed by atoms with Crippen LogP contribution in [0.15, 0.2) is 77.7 Å². The predicted octanol–water partition coefficient (Wildman–Crippen LogP) is 6.12. The largest absolute Gasteiger partial charge is 0.495 e. The van der Waals surface area contributed by atoms with Gasteiger partial charge in [-0.15, -0.1) is 0 Å². The Bertz CT molecular complexity index is 1420. The molecule has 0 bridgehead atoms. The minimum Gasteiger partial charge on any atom is -0.495 e. The van der Waals surface area contributed by atoms with Crippen LogP contribution in [0.25, 0.3) is 0 Å². The maximum atomic E-state index is 13.3. The third kappa shape index (κ3) is 4.85. The maximum absolute atomic E-state index is 13.3. The second kappa shape index (κ2) is 10.4. The molecule has 37 heavy (non-hydrogen) atoms. The summed E-state index contributed by atoms with van der Waals surface area (Å²) in [6.07, 6.45) is 5.28. The van der Waals surface area contributed by atoms with Gasteiger partial charge in [-0.2, -0.15) is 0 Å². The van der Waals surface area contributed by atoms with E-state index >= 15 is 0 Å². The van der Waals surface area contributed by atoms with Crippen molar-refractivity contribution in [2.45, 2.75) is 37.1 Å². The summed E-state index contributed by atoms with van der Waals surface area (Å²) >= 11 is 0. The number of rotatable bonds is 9. The topological polar surface area (TPSA) is 85.9 Å². The van der Waals surface area contributed by atoms with Crippen molar-refractivity contribution in [2.24, 2.45) is 5.92 Å². The number of benzene rings is 3. The number of methoxy groups -OCH3 is 1. The molecular formula is C29H32N2O5S. The highest BCUT2D eigenvalue weighted by molar-refractivity contribution is 7.92. The number of ether oxygens (including phenoxy) is 3. The third-order valence-electron chi connectivity index (χ3n) is 6.92. The highest BCUT2D eigenvalue weighted by atomic mass is 32.2. The number of sulfonamides is 1. The van der Waals surface area contributed by atoms with Crippen molar-refractivity contribution >= 4 is 21.4 Å². The summed E-state index contributed by atoms with van der Waals surface area (Å²) in [5.74, 6) is 2.29. The molecule has 2 N–H and O–H groups in total. The number of nitrogens with one attached hydrogen (secondary N) is 2. The highest BCUT2D eigenvalue weighted by Gasteiger charge is 2.38. The Kier molecular flexibility index (Phi) is 7.02. The molecule has 0 saturated carbocycles. The van der Waals surface area contributed by atoms with Gasteiger partial charge in [0.1, 0.15) is 5.75 Å². The van der Waals surface area contributed by atoms with Crippen molar-refractivity contribution in [2.75, 3.05) is 30.4 Å². The monoisotopic (exact) mass is 520 g/mol. The van der Waals surface area contributed by atoms with Crippen molar-refractivity contribution in [3.63, 3.8) is 0 Å². The first-order chi connectivity index (χ1) is 17.9. The van der Waals surface area contributed by atoms with Crippen molar-refractivity contribution in [3.05, 3.63) is 83.9 Å². The van der Waals surface area contributed by atoms with Crippen molar-refractivity contribution in [3.8, 4) is 17.2 Å². The minimum atomic E-state index is -3.81. The zero-order chi connectivity index (χ0) is 26.0. The molecule has 3 atom stereocenters. The smallest absolute Gasteiger partial charge is 0.262 e. The summed E-state index contributed by atoms with van der Waals surface area (Å²) in [6.45, 7) is 5.04. The normalized spacial score (nSPS) is 19.9. The van der Waals surface area contributed by atoms with Gasteiger partial charge in [-0.25, -0.2) is 8.42 Å². The minimum absolute atomic E-state index is 0.0524. The number of hydrogen-bond acceptors (Lipinski definition) is 6. The first-order valence-corrected chi connectivity index (χ1v) is 14.1. The van der Waals surface area contributed by atoms with Crippen LogP contribution < -0.4 is 24.2 Å². The van der Waals surface area contributed by atoms with Gasteiger partial charge in [0.25, 0.3) is 10.0 Å². The van der Waals surface area contributed by atoms with Gasteiger partial charge in [-0.1, -0.05) is 30.4 Å². The predicted molar refractivity (Wildman–Crippen MR) is 145 cm³/mol. The second-order valence-electron chi connectivity index (χ2n) is 9.10. The molecule has 0 radical (unpaired) electrons. The van der Waals surface area contributed by atoms with Gasteiger partial charge in [0.15, 0.2) is 11.5 Å². The van der Waals surface area contributed by atoms with E-state index in [1.165, 1.54) is 7.11 Å². The summed E-state index contributed by atoms with van der Waals surface area (Å²) in [5.41, 5.74) is 3.43. The summed E-state index contributed by atoms with van der Waals surface area (Å²) < 4.78 is 46.2. The number of allylic oxidation sites excluding steroid dienone is 2. The lowest BCUT2D eigenvalue weighted by atomic mass is 9.77. The fraction of sp³-hybridized carbons (Fsp3) is 0.310. The fourth-order valence-corrected chi connectivity index (χ4v) is 6.37. The third-order valence-corrected chi connectivity index (χ3v) is 8.29. The van der Waals surface area contributed by atoms with Crippen LogP contribution in [0, 0.1) is 5.92 Å². The van der Waals surface area contributed by atoms with Crippen molar-refractivity contribution < 1.29 is 22.6 Å². The molecule has 3 aromatic rings. The summed E-state index contributed by atoms with van der Waals surface area (Å²) in [7, 11) is -2.29. The number of hydrogen-bond donors (Lipinski definition) is 2. The first-order valence-electron chi connectivity index (χ1n) is 12.6. The fourth-order valence-electron chi connectivity index (χ4n) is 5.26. The molecule has 0 spiro atoms. The summed E-state index contributed by atoms with van der Waals surface area (Å²) in [4.78, 5) is 0.219. The van der Waals surface area contributed by atoms with Gasteiger partial charge < -0.3 is 19.5 Å². The molecular weight excluding hydrogens is 488 g/mol. The Morgan fingerprint density at radius 2 is 1.73 bits per heavy atom. The lowest BCUT2D eigenvalue weighted by molar-refractivity contribution is 0.287. The first kappa shape index (κ1) is 25.0. The molecule has 0 amide bonds. The Labute approximate surface area is 218 Å². The van der Waals surface area contributed by atoms with E-state index in [1.807, 2.05) is 26.0 Å². The van der Waals surface area contributed by atoms with E-state index in [1.54, 1.807) is 36.4 Å². The molecule has 194 valence electrons. The van der Waals surface area contributed by atoms with Crippen molar-refractivity contribution in [1.29, 1.82) is 0 Å². The van der Waals surface area contributed by atoms with E-state index in [2.05, 4.69) is 34.3 Å². The van der Waals surface area contributed by atoms with Gasteiger partial charge in [0.05, 0.1) is 36.9 Å². The molecule has 3 aromatic carbocycles. The molecule has 0 unspecified atom stereocenters. The Hall–Kier alpha value is -3.65. The molecule has 1 aliphatic heterocycles. The summed E-state index contributed by atoms with van der Waals surface area (Å²) in [6, 6.07) is 18.4. The van der Waals surface area contributed by atoms with Gasteiger partial charge in [0, 0.05) is 11.6 Å². The maximum Gasteiger partial charge on any atom is 0.262 e. The number of fused-ring (bicyclic) bond motifs is 3. The van der Waals surface area contributed by atoms with Gasteiger partial charge in [-0.05, 0) is 79.8 Å². The Morgan fingerprint density at radius 3 is 2.51 bits per heavy atom. The molecule has 1 heterocycles. The molecule has 2 aliphatic rings. The van der Waals surface area contributed by atoms with Gasteiger partial charge in [0.2, 0.25) is 0 Å². The summed E-state index contributed by atoms with van der Waals surface area (Å²) in [5, 5.41) is 3.68. The van der Waals surface area contributed by atoms with E-state index in [4.69, 9.17) is 14.2 Å².